The summed E-state index contributed by atoms with van der Waals surface area (Å²) < 4.78 is 46.0. The molecule has 2 aromatic carbocycles. The van der Waals surface area contributed by atoms with Crippen molar-refractivity contribution in [3.63, 3.8) is 0 Å². The molecule has 0 saturated heterocycles. The maximum Gasteiger partial charge on any atom is 0.306 e. The van der Waals surface area contributed by atoms with Gasteiger partial charge in [-0.2, -0.15) is 0 Å². The second kappa shape index (κ2) is 9.04. The van der Waals surface area contributed by atoms with Crippen LogP contribution in [0.4, 0.5) is 18.9 Å². The molecule has 0 N–H and O–H groups in total. The number of hydrogen-bond donors (Lipinski definition) is 0. The molecule has 3 aromatic rings. The molecule has 29 heavy (non-hydrogen) atoms. The maximum atomic E-state index is 14.0. The lowest BCUT2D eigenvalue weighted by Gasteiger charge is -2.22. The number of rotatable bonds is 7. The second-order valence-electron chi connectivity index (χ2n) is 6.08. The minimum Gasteiger partial charge on any atom is -0.466 e. The number of ether oxygens (including phenoxy) is 1. The third-order valence-corrected chi connectivity index (χ3v) is 5.11. The van der Waals surface area contributed by atoms with Crippen LogP contribution in [0, 0.1) is 17.5 Å². The van der Waals surface area contributed by atoms with E-state index in [1.54, 1.807) is 13.0 Å². The number of thiazole rings is 1. The van der Waals surface area contributed by atoms with Crippen LogP contribution < -0.4 is 4.90 Å². The lowest BCUT2D eigenvalue weighted by molar-refractivity contribution is -0.144. The SMILES string of the molecule is CCOC(=O)CCC(=O)N(Cc1nc2ccc(F)c(F)c2s1)c1cccc(F)c1. The summed E-state index contributed by atoms with van der Waals surface area (Å²) in [6, 6.07) is 7.73. The average Bonchev–Trinajstić information content (AvgIpc) is 3.11. The quantitative estimate of drug-likeness (QED) is 0.523. The van der Waals surface area contributed by atoms with Gasteiger partial charge in [-0.05, 0) is 37.3 Å². The Morgan fingerprint density at radius 1 is 1.14 bits per heavy atom. The normalized spacial score (nSPS) is 10.9. The average molecular weight is 422 g/mol. The van der Waals surface area contributed by atoms with E-state index in [1.165, 1.54) is 29.2 Å². The second-order valence-corrected chi connectivity index (χ2v) is 7.17. The summed E-state index contributed by atoms with van der Waals surface area (Å²) in [4.78, 5) is 29.8. The minimum absolute atomic E-state index is 0.0400. The van der Waals surface area contributed by atoms with Crippen LogP contribution in [0.25, 0.3) is 10.2 Å². The molecule has 0 radical (unpaired) electrons. The Morgan fingerprint density at radius 3 is 2.66 bits per heavy atom. The Bertz CT molecular complexity index is 1050. The fourth-order valence-electron chi connectivity index (χ4n) is 2.73. The Hall–Kier alpha value is -2.94. The van der Waals surface area contributed by atoms with Crippen LogP contribution >= 0.6 is 11.3 Å². The zero-order valence-corrected chi connectivity index (χ0v) is 16.3. The molecule has 152 valence electrons. The van der Waals surface area contributed by atoms with Crippen LogP contribution in [0.3, 0.4) is 0 Å². The highest BCUT2D eigenvalue weighted by Gasteiger charge is 2.21. The number of fused-ring (bicyclic) bond motifs is 1. The van der Waals surface area contributed by atoms with E-state index in [9.17, 15) is 22.8 Å². The number of benzene rings is 2. The zero-order valence-electron chi connectivity index (χ0n) is 15.5. The first kappa shape index (κ1) is 20.8. The Balaban J connectivity index is 1.88. The third kappa shape index (κ3) is 4.92. The maximum absolute atomic E-state index is 14.0. The lowest BCUT2D eigenvalue weighted by atomic mass is 10.2. The van der Waals surface area contributed by atoms with Crippen molar-refractivity contribution in [3.8, 4) is 0 Å². The van der Waals surface area contributed by atoms with Crippen LogP contribution in [-0.2, 0) is 20.9 Å². The van der Waals surface area contributed by atoms with Crippen LogP contribution in [0.15, 0.2) is 36.4 Å². The fraction of sp³-hybridized carbons (Fsp3) is 0.250. The number of aromatic nitrogens is 1. The van der Waals surface area contributed by atoms with Crippen molar-refractivity contribution >= 4 is 39.1 Å². The topological polar surface area (TPSA) is 59.5 Å². The van der Waals surface area contributed by atoms with E-state index >= 15 is 0 Å². The van der Waals surface area contributed by atoms with E-state index in [4.69, 9.17) is 4.74 Å². The van der Waals surface area contributed by atoms with Crippen LogP contribution in [0.5, 0.6) is 0 Å². The van der Waals surface area contributed by atoms with Crippen molar-refractivity contribution in [1.82, 2.24) is 4.98 Å². The summed E-state index contributed by atoms with van der Waals surface area (Å²) >= 11 is 0.910. The molecule has 0 fully saturated rings. The molecule has 0 spiro atoms. The number of carbonyl (C=O) groups is 2. The van der Waals surface area contributed by atoms with Gasteiger partial charge in [0.05, 0.1) is 29.8 Å². The van der Waals surface area contributed by atoms with Crippen LogP contribution in [-0.4, -0.2) is 23.5 Å². The number of amides is 1. The van der Waals surface area contributed by atoms with E-state index in [1.807, 2.05) is 0 Å². The highest BCUT2D eigenvalue weighted by atomic mass is 32.1. The van der Waals surface area contributed by atoms with Gasteiger partial charge in [0.2, 0.25) is 5.91 Å². The first-order valence-electron chi connectivity index (χ1n) is 8.84. The molecule has 0 aliphatic carbocycles. The third-order valence-electron chi connectivity index (χ3n) is 4.06. The van der Waals surface area contributed by atoms with Gasteiger partial charge in [-0.1, -0.05) is 6.07 Å². The highest BCUT2D eigenvalue weighted by molar-refractivity contribution is 7.18. The summed E-state index contributed by atoms with van der Waals surface area (Å²) in [5, 5.41) is 0.346. The molecule has 0 unspecified atom stereocenters. The Labute approximate surface area is 168 Å². The summed E-state index contributed by atoms with van der Waals surface area (Å²) in [6.45, 7) is 1.79. The molecule has 0 atom stereocenters. The van der Waals surface area contributed by atoms with Gasteiger partial charge in [-0.15, -0.1) is 11.3 Å². The van der Waals surface area contributed by atoms with Crippen molar-refractivity contribution in [3.05, 3.63) is 58.9 Å². The van der Waals surface area contributed by atoms with Gasteiger partial charge >= 0.3 is 5.97 Å². The first-order valence-corrected chi connectivity index (χ1v) is 9.65. The molecule has 0 aliphatic rings. The van der Waals surface area contributed by atoms with E-state index in [0.29, 0.717) is 5.01 Å². The molecular formula is C20H17F3N2O3S. The van der Waals surface area contributed by atoms with Gasteiger partial charge in [-0.25, -0.2) is 18.2 Å². The summed E-state index contributed by atoms with van der Waals surface area (Å²) in [7, 11) is 0. The number of nitrogens with zero attached hydrogens (tertiary/aromatic N) is 2. The van der Waals surface area contributed by atoms with Crippen LogP contribution in [0.1, 0.15) is 24.8 Å². The van der Waals surface area contributed by atoms with Gasteiger partial charge in [0.25, 0.3) is 0 Å². The van der Waals surface area contributed by atoms with Gasteiger partial charge in [0.15, 0.2) is 11.6 Å². The number of halogens is 3. The molecule has 1 aromatic heterocycles. The first-order chi connectivity index (χ1) is 13.9. The van der Waals surface area contributed by atoms with E-state index < -0.39 is 29.3 Å². The monoisotopic (exact) mass is 422 g/mol. The van der Waals surface area contributed by atoms with E-state index in [-0.39, 0.29) is 41.9 Å². The number of carbonyl (C=O) groups excluding carboxylic acids is 2. The highest BCUT2D eigenvalue weighted by Crippen LogP contribution is 2.29. The van der Waals surface area contributed by atoms with Crippen LogP contribution in [0.2, 0.25) is 0 Å². The lowest BCUT2D eigenvalue weighted by Crippen LogP contribution is -2.30. The standard InChI is InChI=1S/C20H17F3N2O3S/c1-2-28-18(27)9-8-17(26)25(13-5-3-4-12(21)10-13)11-16-24-15-7-6-14(22)19(23)20(15)29-16/h3-7,10H,2,8-9,11H2,1H3. The molecule has 1 amide bonds. The number of hydrogen-bond acceptors (Lipinski definition) is 5. The summed E-state index contributed by atoms with van der Waals surface area (Å²) in [5.74, 6) is -3.49. The van der Waals surface area contributed by atoms with Gasteiger partial charge in [0.1, 0.15) is 10.8 Å². The fourth-order valence-corrected chi connectivity index (χ4v) is 3.71. The predicted molar refractivity (Wildman–Crippen MR) is 103 cm³/mol. The molecular weight excluding hydrogens is 405 g/mol. The summed E-state index contributed by atoms with van der Waals surface area (Å²) in [6.07, 6.45) is -0.276. The Kier molecular flexibility index (Phi) is 6.48. The van der Waals surface area contributed by atoms with Gasteiger partial charge in [-0.3, -0.25) is 9.59 Å². The largest absolute Gasteiger partial charge is 0.466 e. The van der Waals surface area contributed by atoms with Gasteiger partial charge in [0, 0.05) is 12.1 Å². The molecule has 0 bridgehead atoms. The zero-order chi connectivity index (χ0) is 21.0. The number of esters is 1. The number of anilines is 1. The molecule has 0 aliphatic heterocycles. The summed E-state index contributed by atoms with van der Waals surface area (Å²) in [5.41, 5.74) is 0.534. The van der Waals surface area contributed by atoms with Crippen molar-refractivity contribution in [2.45, 2.75) is 26.3 Å². The van der Waals surface area contributed by atoms with Crippen molar-refractivity contribution in [2.24, 2.45) is 0 Å². The van der Waals surface area contributed by atoms with E-state index in [2.05, 4.69) is 4.98 Å². The predicted octanol–water partition coefficient (Wildman–Crippen LogP) is 4.59. The smallest absolute Gasteiger partial charge is 0.306 e. The van der Waals surface area contributed by atoms with Crippen molar-refractivity contribution < 1.29 is 27.5 Å². The molecule has 5 nitrogen and oxygen atoms in total. The van der Waals surface area contributed by atoms with Crippen molar-refractivity contribution in [1.29, 1.82) is 0 Å². The van der Waals surface area contributed by atoms with E-state index in [0.717, 1.165) is 17.4 Å². The minimum atomic E-state index is -1.00. The molecule has 1 heterocycles. The molecule has 9 heteroatoms. The van der Waals surface area contributed by atoms with Gasteiger partial charge < -0.3 is 9.64 Å². The van der Waals surface area contributed by atoms with Crippen molar-refractivity contribution in [2.75, 3.05) is 11.5 Å². The molecule has 3 rings (SSSR count). The Morgan fingerprint density at radius 2 is 1.93 bits per heavy atom. The molecule has 0 saturated carbocycles.